The lowest BCUT2D eigenvalue weighted by molar-refractivity contribution is -0.146. The minimum atomic E-state index is -4.62. The van der Waals surface area contributed by atoms with Crippen molar-refractivity contribution in [2.75, 3.05) is 31.6 Å². The molecule has 0 aliphatic carbocycles. The van der Waals surface area contributed by atoms with Gasteiger partial charge in [-0.05, 0) is 30.9 Å². The fourth-order valence-corrected chi connectivity index (χ4v) is 3.43. The van der Waals surface area contributed by atoms with Crippen LogP contribution in [0.3, 0.4) is 0 Å². The summed E-state index contributed by atoms with van der Waals surface area (Å²) < 4.78 is 39.8. The third kappa shape index (κ3) is 4.14. The molecule has 2 aromatic rings. The Morgan fingerprint density at radius 1 is 1.26 bits per heavy atom. The molecule has 3 heterocycles. The van der Waals surface area contributed by atoms with Gasteiger partial charge in [-0.1, -0.05) is 13.8 Å². The Morgan fingerprint density at radius 2 is 1.93 bits per heavy atom. The molecule has 0 aromatic carbocycles. The SMILES string of the molecule is CC(C)CN(C)C(=O)C1CCN(c2ccc3nnc(C(F)(F)F)n3n2)CC1. The van der Waals surface area contributed by atoms with E-state index in [1.54, 1.807) is 11.0 Å². The van der Waals surface area contributed by atoms with E-state index < -0.39 is 12.0 Å². The third-order valence-electron chi connectivity index (χ3n) is 4.69. The van der Waals surface area contributed by atoms with Gasteiger partial charge in [0.2, 0.25) is 5.91 Å². The first-order chi connectivity index (χ1) is 12.7. The van der Waals surface area contributed by atoms with E-state index in [1.807, 2.05) is 11.9 Å². The molecular formula is C17H23F3N6O. The maximum Gasteiger partial charge on any atom is 0.453 e. The molecule has 1 fully saturated rings. The van der Waals surface area contributed by atoms with Crippen LogP contribution in [-0.4, -0.2) is 57.3 Å². The van der Waals surface area contributed by atoms with Gasteiger partial charge >= 0.3 is 6.18 Å². The van der Waals surface area contributed by atoms with Crippen molar-refractivity contribution in [2.45, 2.75) is 32.9 Å². The van der Waals surface area contributed by atoms with E-state index in [0.29, 0.717) is 44.2 Å². The van der Waals surface area contributed by atoms with Gasteiger partial charge in [-0.25, -0.2) is 0 Å². The van der Waals surface area contributed by atoms with Crippen LogP contribution >= 0.6 is 0 Å². The van der Waals surface area contributed by atoms with Gasteiger partial charge in [-0.3, -0.25) is 4.79 Å². The van der Waals surface area contributed by atoms with E-state index in [9.17, 15) is 18.0 Å². The van der Waals surface area contributed by atoms with Crippen LogP contribution in [0.15, 0.2) is 12.1 Å². The van der Waals surface area contributed by atoms with E-state index in [-0.39, 0.29) is 17.5 Å². The average Bonchev–Trinajstić information content (AvgIpc) is 3.04. The summed E-state index contributed by atoms with van der Waals surface area (Å²) in [5.74, 6) is -0.241. The number of halogens is 3. The van der Waals surface area contributed by atoms with Crippen LogP contribution in [0, 0.1) is 11.8 Å². The van der Waals surface area contributed by atoms with Crippen molar-refractivity contribution in [1.82, 2.24) is 24.7 Å². The predicted octanol–water partition coefficient (Wildman–Crippen LogP) is 2.47. The molecule has 3 rings (SSSR count). The lowest BCUT2D eigenvalue weighted by Crippen LogP contribution is -2.42. The summed E-state index contributed by atoms with van der Waals surface area (Å²) in [5.41, 5.74) is 0.0476. The van der Waals surface area contributed by atoms with Crippen LogP contribution < -0.4 is 4.90 Å². The maximum absolute atomic E-state index is 13.0. The van der Waals surface area contributed by atoms with E-state index in [1.165, 1.54) is 6.07 Å². The fourth-order valence-electron chi connectivity index (χ4n) is 3.43. The van der Waals surface area contributed by atoms with Crippen molar-refractivity contribution in [3.63, 3.8) is 0 Å². The van der Waals surface area contributed by atoms with E-state index in [0.717, 1.165) is 4.52 Å². The highest BCUT2D eigenvalue weighted by Crippen LogP contribution is 2.29. The second-order valence-corrected chi connectivity index (χ2v) is 7.36. The van der Waals surface area contributed by atoms with Crippen molar-refractivity contribution in [3.8, 4) is 0 Å². The molecule has 10 heteroatoms. The van der Waals surface area contributed by atoms with Crippen molar-refractivity contribution in [1.29, 1.82) is 0 Å². The number of hydrogen-bond donors (Lipinski definition) is 0. The molecule has 7 nitrogen and oxygen atoms in total. The molecule has 1 amide bonds. The molecule has 1 aliphatic rings. The first kappa shape index (κ1) is 19.4. The summed E-state index contributed by atoms with van der Waals surface area (Å²) in [4.78, 5) is 16.2. The fraction of sp³-hybridized carbons (Fsp3) is 0.647. The first-order valence-electron chi connectivity index (χ1n) is 8.96. The molecule has 0 spiro atoms. The monoisotopic (exact) mass is 384 g/mol. The highest BCUT2D eigenvalue weighted by Gasteiger charge is 2.38. The minimum Gasteiger partial charge on any atom is -0.355 e. The summed E-state index contributed by atoms with van der Waals surface area (Å²) in [6.45, 7) is 5.97. The Balaban J connectivity index is 1.70. The van der Waals surface area contributed by atoms with E-state index in [4.69, 9.17) is 0 Å². The zero-order valence-electron chi connectivity index (χ0n) is 15.6. The number of nitrogens with zero attached hydrogens (tertiary/aromatic N) is 6. The van der Waals surface area contributed by atoms with Crippen LogP contribution in [0.5, 0.6) is 0 Å². The molecule has 1 aliphatic heterocycles. The Morgan fingerprint density at radius 3 is 2.52 bits per heavy atom. The molecule has 2 aromatic heterocycles. The number of carbonyl (C=O) groups excluding carboxylic acids is 1. The summed E-state index contributed by atoms with van der Waals surface area (Å²) in [5, 5.41) is 10.8. The summed E-state index contributed by atoms with van der Waals surface area (Å²) in [6.07, 6.45) is -3.32. The van der Waals surface area contributed by atoms with Gasteiger partial charge in [-0.2, -0.15) is 17.7 Å². The summed E-state index contributed by atoms with van der Waals surface area (Å²) in [6, 6.07) is 3.11. The smallest absolute Gasteiger partial charge is 0.355 e. The predicted molar refractivity (Wildman–Crippen MR) is 93.2 cm³/mol. The number of alkyl halides is 3. The van der Waals surface area contributed by atoms with Gasteiger partial charge in [-0.15, -0.1) is 15.3 Å². The van der Waals surface area contributed by atoms with Crippen LogP contribution in [0.25, 0.3) is 5.65 Å². The van der Waals surface area contributed by atoms with Gasteiger partial charge in [0, 0.05) is 32.6 Å². The third-order valence-corrected chi connectivity index (χ3v) is 4.69. The van der Waals surface area contributed by atoms with E-state index in [2.05, 4.69) is 29.1 Å². The Kier molecular flexibility index (Phi) is 5.25. The zero-order chi connectivity index (χ0) is 19.8. The van der Waals surface area contributed by atoms with Gasteiger partial charge in [0.1, 0.15) is 5.82 Å². The molecule has 0 atom stereocenters. The number of anilines is 1. The van der Waals surface area contributed by atoms with Crippen LogP contribution in [0.1, 0.15) is 32.5 Å². The minimum absolute atomic E-state index is 0.0476. The largest absolute Gasteiger partial charge is 0.453 e. The lowest BCUT2D eigenvalue weighted by atomic mass is 9.95. The Bertz CT molecular complexity index is 811. The van der Waals surface area contributed by atoms with Gasteiger partial charge in [0.25, 0.3) is 5.82 Å². The molecule has 0 saturated carbocycles. The number of piperidine rings is 1. The van der Waals surface area contributed by atoms with Crippen molar-refractivity contribution in [2.24, 2.45) is 11.8 Å². The average molecular weight is 384 g/mol. The second kappa shape index (κ2) is 7.32. The maximum atomic E-state index is 13.0. The molecule has 27 heavy (non-hydrogen) atoms. The number of aromatic nitrogens is 4. The summed E-state index contributed by atoms with van der Waals surface area (Å²) in [7, 11) is 1.81. The Hall–Kier alpha value is -2.39. The van der Waals surface area contributed by atoms with Crippen molar-refractivity contribution < 1.29 is 18.0 Å². The topological polar surface area (TPSA) is 66.6 Å². The molecule has 0 radical (unpaired) electrons. The molecule has 0 unspecified atom stereocenters. The zero-order valence-corrected chi connectivity index (χ0v) is 15.6. The number of carbonyl (C=O) groups is 1. The standard InChI is InChI=1S/C17H23F3N6O/c1-11(2)10-24(3)15(27)12-6-8-25(9-7-12)14-5-4-13-21-22-16(17(18,19)20)26(13)23-14/h4-5,11-12H,6-10H2,1-3H3. The number of amides is 1. The number of fused-ring (bicyclic) bond motifs is 1. The molecule has 0 bridgehead atoms. The van der Waals surface area contributed by atoms with Gasteiger partial charge in [0.05, 0.1) is 0 Å². The number of rotatable bonds is 4. The first-order valence-corrected chi connectivity index (χ1v) is 8.96. The molecule has 148 valence electrons. The normalized spacial score (nSPS) is 16.3. The van der Waals surface area contributed by atoms with E-state index >= 15 is 0 Å². The lowest BCUT2D eigenvalue weighted by Gasteiger charge is -2.34. The Labute approximate surface area is 155 Å². The quantitative estimate of drug-likeness (QED) is 0.810. The van der Waals surface area contributed by atoms with Crippen LogP contribution in [-0.2, 0) is 11.0 Å². The second-order valence-electron chi connectivity index (χ2n) is 7.36. The van der Waals surface area contributed by atoms with Crippen LogP contribution in [0.4, 0.5) is 19.0 Å². The molecule has 0 N–H and O–H groups in total. The van der Waals surface area contributed by atoms with Gasteiger partial charge < -0.3 is 9.80 Å². The van der Waals surface area contributed by atoms with Crippen molar-refractivity contribution >= 4 is 17.4 Å². The number of hydrogen-bond acceptors (Lipinski definition) is 5. The highest BCUT2D eigenvalue weighted by atomic mass is 19.4. The molecular weight excluding hydrogens is 361 g/mol. The molecule has 1 saturated heterocycles. The van der Waals surface area contributed by atoms with Gasteiger partial charge in [0.15, 0.2) is 5.65 Å². The van der Waals surface area contributed by atoms with Crippen molar-refractivity contribution in [3.05, 3.63) is 18.0 Å². The summed E-state index contributed by atoms with van der Waals surface area (Å²) >= 11 is 0. The highest BCUT2D eigenvalue weighted by molar-refractivity contribution is 5.79. The van der Waals surface area contributed by atoms with Crippen LogP contribution in [0.2, 0.25) is 0 Å².